The summed E-state index contributed by atoms with van der Waals surface area (Å²) in [6, 6.07) is 6.06. The molecule has 4 rings (SSSR count). The molecule has 0 bridgehead atoms. The van der Waals surface area contributed by atoms with E-state index in [2.05, 4.69) is 54.0 Å². The van der Waals surface area contributed by atoms with Gasteiger partial charge in [0.25, 0.3) is 0 Å². The van der Waals surface area contributed by atoms with E-state index in [1.807, 2.05) is 6.07 Å². The van der Waals surface area contributed by atoms with Crippen molar-refractivity contribution >= 4 is 34.8 Å². The third-order valence-corrected chi connectivity index (χ3v) is 5.44. The van der Waals surface area contributed by atoms with Crippen LogP contribution in [0.3, 0.4) is 0 Å². The molecule has 1 aliphatic heterocycles. The minimum Gasteiger partial charge on any atom is -0.380 e. The predicted octanol–water partition coefficient (Wildman–Crippen LogP) is 6.19. The lowest BCUT2D eigenvalue weighted by atomic mass is 9.98. The van der Waals surface area contributed by atoms with Crippen LogP contribution in [0.2, 0.25) is 5.02 Å². The van der Waals surface area contributed by atoms with Crippen molar-refractivity contribution < 1.29 is 4.39 Å². The molecule has 4 heteroatoms. The van der Waals surface area contributed by atoms with E-state index in [-0.39, 0.29) is 5.83 Å². The van der Waals surface area contributed by atoms with Crippen LogP contribution in [0.5, 0.6) is 0 Å². The lowest BCUT2D eigenvalue weighted by Gasteiger charge is -2.12. The summed E-state index contributed by atoms with van der Waals surface area (Å²) in [5, 5.41) is 1.95. The molecule has 0 radical (unpaired) electrons. The van der Waals surface area contributed by atoms with Crippen LogP contribution >= 0.6 is 11.6 Å². The van der Waals surface area contributed by atoms with Crippen LogP contribution in [0.4, 0.5) is 4.39 Å². The first-order valence-electron chi connectivity index (χ1n) is 8.99. The summed E-state index contributed by atoms with van der Waals surface area (Å²) >= 11 is 6.27. The number of halogens is 2. The molecule has 134 valence electrons. The summed E-state index contributed by atoms with van der Waals surface area (Å²) < 4.78 is 15.9. The van der Waals surface area contributed by atoms with Crippen molar-refractivity contribution in [2.45, 2.75) is 26.2 Å². The first-order chi connectivity index (χ1) is 12.5. The molecule has 26 heavy (non-hydrogen) atoms. The van der Waals surface area contributed by atoms with Crippen molar-refractivity contribution in [1.29, 1.82) is 0 Å². The molecule has 0 fully saturated rings. The molecular weight excluding hydrogens is 347 g/mol. The van der Waals surface area contributed by atoms with E-state index in [0.29, 0.717) is 0 Å². The van der Waals surface area contributed by atoms with Gasteiger partial charge >= 0.3 is 0 Å². The average Bonchev–Trinajstić information content (AvgIpc) is 2.75. The normalized spacial score (nSPS) is 17.8. The molecule has 0 atom stereocenters. The SMILES string of the molecule is C/C(=C/n1c2c(c3cc(Cl)ccc31)CCN(C)C=C2)C1=CC(F)=CCC1. The summed E-state index contributed by atoms with van der Waals surface area (Å²) in [6.07, 6.45) is 12.3. The Kier molecular flexibility index (Phi) is 4.49. The highest BCUT2D eigenvalue weighted by atomic mass is 35.5. The maximum Gasteiger partial charge on any atom is 0.119 e. The smallest absolute Gasteiger partial charge is 0.119 e. The highest BCUT2D eigenvalue weighted by Gasteiger charge is 2.18. The molecule has 2 heterocycles. The largest absolute Gasteiger partial charge is 0.380 e. The zero-order chi connectivity index (χ0) is 18.3. The van der Waals surface area contributed by atoms with E-state index >= 15 is 0 Å². The summed E-state index contributed by atoms with van der Waals surface area (Å²) in [5.41, 5.74) is 5.79. The highest BCUT2D eigenvalue weighted by Crippen LogP contribution is 2.33. The maximum absolute atomic E-state index is 13.7. The Morgan fingerprint density at radius 1 is 1.27 bits per heavy atom. The lowest BCUT2D eigenvalue weighted by Crippen LogP contribution is -2.12. The second kappa shape index (κ2) is 6.81. The average molecular weight is 369 g/mol. The Morgan fingerprint density at radius 3 is 2.92 bits per heavy atom. The number of benzene rings is 1. The first-order valence-corrected chi connectivity index (χ1v) is 9.36. The zero-order valence-corrected chi connectivity index (χ0v) is 15.9. The zero-order valence-electron chi connectivity index (χ0n) is 15.1. The van der Waals surface area contributed by atoms with Crippen molar-refractivity contribution in [2.75, 3.05) is 13.6 Å². The van der Waals surface area contributed by atoms with Crippen molar-refractivity contribution in [3.8, 4) is 0 Å². The fourth-order valence-corrected chi connectivity index (χ4v) is 3.94. The lowest BCUT2D eigenvalue weighted by molar-refractivity contribution is 0.467. The second-order valence-electron chi connectivity index (χ2n) is 7.05. The molecule has 2 nitrogen and oxygen atoms in total. The van der Waals surface area contributed by atoms with Crippen molar-refractivity contribution in [3.63, 3.8) is 0 Å². The molecule has 0 saturated carbocycles. The van der Waals surface area contributed by atoms with Gasteiger partial charge in [-0.1, -0.05) is 11.6 Å². The van der Waals surface area contributed by atoms with Gasteiger partial charge in [0.1, 0.15) is 5.83 Å². The van der Waals surface area contributed by atoms with Crippen LogP contribution in [0, 0.1) is 0 Å². The first kappa shape index (κ1) is 17.2. The summed E-state index contributed by atoms with van der Waals surface area (Å²) in [4.78, 5) is 2.20. The Morgan fingerprint density at radius 2 is 2.12 bits per heavy atom. The Hall–Kier alpha value is -2.26. The monoisotopic (exact) mass is 368 g/mol. The van der Waals surface area contributed by atoms with E-state index < -0.39 is 0 Å². The maximum atomic E-state index is 13.7. The molecule has 1 aliphatic carbocycles. The Bertz CT molecular complexity index is 991. The predicted molar refractivity (Wildman–Crippen MR) is 109 cm³/mol. The van der Waals surface area contributed by atoms with Gasteiger partial charge < -0.3 is 9.47 Å². The van der Waals surface area contributed by atoms with Crippen LogP contribution in [0.25, 0.3) is 23.2 Å². The molecule has 0 unspecified atom stereocenters. The molecule has 0 spiro atoms. The quantitative estimate of drug-likeness (QED) is 0.613. The minimum atomic E-state index is -0.136. The van der Waals surface area contributed by atoms with Crippen LogP contribution in [0.1, 0.15) is 31.0 Å². The molecular formula is C22H22ClFN2. The second-order valence-corrected chi connectivity index (χ2v) is 7.49. The van der Waals surface area contributed by atoms with Gasteiger partial charge in [-0.2, -0.15) is 0 Å². The van der Waals surface area contributed by atoms with Crippen molar-refractivity contribution in [3.05, 3.63) is 69.8 Å². The van der Waals surface area contributed by atoms with Gasteiger partial charge in [-0.05, 0) is 79.3 Å². The minimum absolute atomic E-state index is 0.136. The van der Waals surface area contributed by atoms with Gasteiger partial charge in [-0.25, -0.2) is 4.39 Å². The highest BCUT2D eigenvalue weighted by molar-refractivity contribution is 6.31. The van der Waals surface area contributed by atoms with E-state index in [4.69, 9.17) is 11.6 Å². The van der Waals surface area contributed by atoms with Crippen LogP contribution < -0.4 is 0 Å². The van der Waals surface area contributed by atoms with E-state index in [1.165, 1.54) is 16.6 Å². The van der Waals surface area contributed by atoms with Gasteiger partial charge in [0, 0.05) is 36.4 Å². The molecule has 1 aromatic heterocycles. The van der Waals surface area contributed by atoms with Gasteiger partial charge in [-0.3, -0.25) is 0 Å². The summed E-state index contributed by atoms with van der Waals surface area (Å²) in [6.45, 7) is 3.03. The van der Waals surface area contributed by atoms with Crippen LogP contribution in [-0.2, 0) is 6.42 Å². The third kappa shape index (κ3) is 3.12. The van der Waals surface area contributed by atoms with Gasteiger partial charge in [0.2, 0.25) is 0 Å². The van der Waals surface area contributed by atoms with E-state index in [0.717, 1.165) is 47.5 Å². The van der Waals surface area contributed by atoms with Crippen LogP contribution in [0.15, 0.2) is 53.5 Å². The molecule has 2 aromatic rings. The number of allylic oxidation sites excluding steroid dienone is 5. The van der Waals surface area contributed by atoms with Gasteiger partial charge in [-0.15, -0.1) is 0 Å². The van der Waals surface area contributed by atoms with Crippen molar-refractivity contribution in [2.24, 2.45) is 0 Å². The number of nitrogens with zero attached hydrogens (tertiary/aromatic N) is 2. The Labute approximate surface area is 158 Å². The van der Waals surface area contributed by atoms with Gasteiger partial charge in [0.05, 0.1) is 11.2 Å². The van der Waals surface area contributed by atoms with E-state index in [1.54, 1.807) is 12.2 Å². The number of hydrogen-bond donors (Lipinski definition) is 0. The fraction of sp³-hybridized carbons (Fsp3) is 0.273. The molecule has 0 amide bonds. The number of hydrogen-bond acceptors (Lipinski definition) is 1. The summed E-state index contributed by atoms with van der Waals surface area (Å²) in [5.74, 6) is -0.136. The Balaban J connectivity index is 1.90. The number of rotatable bonds is 2. The number of fused-ring (bicyclic) bond motifs is 3. The number of aromatic nitrogens is 1. The van der Waals surface area contributed by atoms with Crippen LogP contribution in [-0.4, -0.2) is 23.1 Å². The molecule has 0 saturated heterocycles. The molecule has 1 aromatic carbocycles. The standard InChI is InChI=1S/C22H22ClFN2/c1-15(16-4-3-5-18(24)12-16)14-26-21-7-6-17(23)13-20(21)19-8-10-25(2)11-9-22(19)26/h5-7,9,11-14H,3-4,8,10H2,1-2H3/b15-14-. The summed E-state index contributed by atoms with van der Waals surface area (Å²) in [7, 11) is 2.09. The topological polar surface area (TPSA) is 8.17 Å². The third-order valence-electron chi connectivity index (χ3n) is 5.21. The van der Waals surface area contributed by atoms with Crippen molar-refractivity contribution in [1.82, 2.24) is 9.47 Å². The fourth-order valence-electron chi connectivity index (χ4n) is 3.77. The molecule has 0 N–H and O–H groups in total. The van der Waals surface area contributed by atoms with Gasteiger partial charge in [0.15, 0.2) is 0 Å². The van der Waals surface area contributed by atoms with E-state index in [9.17, 15) is 4.39 Å². The molecule has 2 aliphatic rings. The number of likely N-dealkylation sites (N-methyl/N-ethyl adjacent to an activating group) is 1.